The zero-order chi connectivity index (χ0) is 14.9. The molecule has 3 rings (SSSR count). The maximum absolute atomic E-state index is 5.99. The van der Waals surface area contributed by atoms with Gasteiger partial charge in [0.15, 0.2) is 0 Å². The monoisotopic (exact) mass is 308 g/mol. The van der Waals surface area contributed by atoms with E-state index < -0.39 is 0 Å². The van der Waals surface area contributed by atoms with Gasteiger partial charge in [-0.2, -0.15) is 0 Å². The molecule has 1 aromatic heterocycles. The average Bonchev–Trinajstić information content (AvgIpc) is 3.05. The summed E-state index contributed by atoms with van der Waals surface area (Å²) in [4.78, 5) is 5.50. The maximum atomic E-state index is 5.99. The number of rotatable bonds is 4. The van der Waals surface area contributed by atoms with Crippen LogP contribution < -0.4 is 5.32 Å². The highest BCUT2D eigenvalue weighted by atomic mass is 32.1. The lowest BCUT2D eigenvalue weighted by Crippen LogP contribution is -2.49. The molecule has 0 amide bonds. The number of morpholine rings is 1. The Morgan fingerprint density at radius 1 is 1.38 bits per heavy atom. The van der Waals surface area contributed by atoms with Crippen molar-refractivity contribution in [1.29, 1.82) is 0 Å². The molecule has 1 N–H and O–H groups in total. The number of hydrogen-bond donors (Lipinski definition) is 1. The van der Waals surface area contributed by atoms with Gasteiger partial charge in [-0.25, -0.2) is 0 Å². The van der Waals surface area contributed by atoms with Crippen molar-refractivity contribution >= 4 is 11.3 Å². The molecule has 21 heavy (non-hydrogen) atoms. The summed E-state index contributed by atoms with van der Waals surface area (Å²) >= 11 is 1.93. The number of fused-ring (bicyclic) bond motifs is 1. The third kappa shape index (κ3) is 3.86. The zero-order valence-corrected chi connectivity index (χ0v) is 14.3. The van der Waals surface area contributed by atoms with E-state index in [1.54, 1.807) is 0 Å². The van der Waals surface area contributed by atoms with Gasteiger partial charge in [0.25, 0.3) is 0 Å². The summed E-state index contributed by atoms with van der Waals surface area (Å²) in [5.41, 5.74) is 0.264. The van der Waals surface area contributed by atoms with Gasteiger partial charge in [-0.3, -0.25) is 4.90 Å². The minimum Gasteiger partial charge on any atom is -0.374 e. The standard InChI is InChI=1S/C17H28N2OS/c1-17(2,3)16-7-6-15(21-16)10-18-9-14-11-19-8-4-5-13(19)12-20-14/h6-7,13-14,18H,4-5,8-12H2,1-3H3. The van der Waals surface area contributed by atoms with E-state index in [2.05, 4.69) is 43.1 Å². The van der Waals surface area contributed by atoms with E-state index in [1.807, 2.05) is 11.3 Å². The molecule has 2 unspecified atom stereocenters. The molecule has 4 heteroatoms. The van der Waals surface area contributed by atoms with Crippen LogP contribution in [0.4, 0.5) is 0 Å². The van der Waals surface area contributed by atoms with Crippen molar-refractivity contribution in [1.82, 2.24) is 10.2 Å². The van der Waals surface area contributed by atoms with Crippen LogP contribution in [-0.4, -0.2) is 43.3 Å². The van der Waals surface area contributed by atoms with Crippen molar-refractivity contribution in [3.63, 3.8) is 0 Å². The van der Waals surface area contributed by atoms with Gasteiger partial charge < -0.3 is 10.1 Å². The Bertz CT molecular complexity index is 466. The quantitative estimate of drug-likeness (QED) is 0.925. The Hall–Kier alpha value is -0.420. The van der Waals surface area contributed by atoms with E-state index in [4.69, 9.17) is 4.74 Å². The summed E-state index contributed by atoms with van der Waals surface area (Å²) in [7, 11) is 0. The normalized spacial score (nSPS) is 27.0. The number of hydrogen-bond acceptors (Lipinski definition) is 4. The Morgan fingerprint density at radius 2 is 2.24 bits per heavy atom. The second kappa shape index (κ2) is 6.37. The fourth-order valence-corrected chi connectivity index (χ4v) is 4.28. The van der Waals surface area contributed by atoms with Crippen LogP contribution in [0.25, 0.3) is 0 Å². The van der Waals surface area contributed by atoms with Crippen LogP contribution in [-0.2, 0) is 16.7 Å². The molecule has 0 saturated carbocycles. The summed E-state index contributed by atoms with van der Waals surface area (Å²) in [6.45, 7) is 12.1. The van der Waals surface area contributed by atoms with Crippen LogP contribution in [0.3, 0.4) is 0 Å². The lowest BCUT2D eigenvalue weighted by atomic mass is 9.95. The third-order valence-electron chi connectivity index (χ3n) is 4.53. The highest BCUT2D eigenvalue weighted by Crippen LogP contribution is 2.29. The molecule has 2 fully saturated rings. The second-order valence-corrected chi connectivity index (χ2v) is 8.56. The van der Waals surface area contributed by atoms with Gasteiger partial charge in [-0.05, 0) is 36.9 Å². The average molecular weight is 308 g/mol. The first-order chi connectivity index (χ1) is 10.0. The van der Waals surface area contributed by atoms with E-state index >= 15 is 0 Å². The van der Waals surface area contributed by atoms with Crippen molar-refractivity contribution in [2.45, 2.75) is 57.7 Å². The zero-order valence-electron chi connectivity index (χ0n) is 13.5. The molecular formula is C17H28N2OS. The molecule has 2 aliphatic rings. The summed E-state index contributed by atoms with van der Waals surface area (Å²) in [6, 6.07) is 5.23. The molecule has 0 radical (unpaired) electrons. The van der Waals surface area contributed by atoms with Gasteiger partial charge in [0.05, 0.1) is 12.7 Å². The molecule has 0 bridgehead atoms. The molecule has 2 saturated heterocycles. The van der Waals surface area contributed by atoms with Gasteiger partial charge in [0.1, 0.15) is 0 Å². The molecule has 2 atom stereocenters. The van der Waals surface area contributed by atoms with Crippen molar-refractivity contribution in [2.75, 3.05) is 26.2 Å². The molecule has 2 aliphatic heterocycles. The number of thiophene rings is 1. The van der Waals surface area contributed by atoms with Crippen LogP contribution in [0.5, 0.6) is 0 Å². The van der Waals surface area contributed by atoms with Gasteiger partial charge in [0.2, 0.25) is 0 Å². The molecule has 0 aliphatic carbocycles. The first-order valence-corrected chi connectivity index (χ1v) is 8.99. The molecule has 3 heterocycles. The van der Waals surface area contributed by atoms with Crippen LogP contribution in [0.15, 0.2) is 12.1 Å². The van der Waals surface area contributed by atoms with Crippen LogP contribution in [0.1, 0.15) is 43.4 Å². The van der Waals surface area contributed by atoms with E-state index in [0.29, 0.717) is 12.1 Å². The highest BCUT2D eigenvalue weighted by Gasteiger charge is 2.31. The first kappa shape index (κ1) is 15.5. The van der Waals surface area contributed by atoms with E-state index in [0.717, 1.165) is 26.2 Å². The number of nitrogens with zero attached hydrogens (tertiary/aromatic N) is 1. The molecule has 0 spiro atoms. The molecule has 118 valence electrons. The van der Waals surface area contributed by atoms with Crippen molar-refractivity contribution < 1.29 is 4.74 Å². The minimum atomic E-state index is 0.264. The lowest BCUT2D eigenvalue weighted by Gasteiger charge is -2.35. The fraction of sp³-hybridized carbons (Fsp3) is 0.765. The SMILES string of the molecule is CC(C)(C)c1ccc(CNCC2CN3CCCC3CO2)s1. The van der Waals surface area contributed by atoms with Crippen molar-refractivity contribution in [2.24, 2.45) is 0 Å². The van der Waals surface area contributed by atoms with Crippen molar-refractivity contribution in [3.05, 3.63) is 21.9 Å². The fourth-order valence-electron chi connectivity index (χ4n) is 3.24. The van der Waals surface area contributed by atoms with Crippen LogP contribution >= 0.6 is 11.3 Å². The summed E-state index contributed by atoms with van der Waals surface area (Å²) < 4.78 is 5.99. The van der Waals surface area contributed by atoms with Crippen LogP contribution in [0.2, 0.25) is 0 Å². The Labute approximate surface area is 132 Å². The second-order valence-electron chi connectivity index (χ2n) is 7.39. The van der Waals surface area contributed by atoms with E-state index in [9.17, 15) is 0 Å². The Morgan fingerprint density at radius 3 is 3.00 bits per heavy atom. The smallest absolute Gasteiger partial charge is 0.0827 e. The third-order valence-corrected chi connectivity index (χ3v) is 6.04. The molecule has 1 aromatic rings. The molecule has 3 nitrogen and oxygen atoms in total. The number of nitrogens with one attached hydrogen (secondary N) is 1. The van der Waals surface area contributed by atoms with E-state index in [-0.39, 0.29) is 5.41 Å². The van der Waals surface area contributed by atoms with Gasteiger partial charge in [0, 0.05) is 35.4 Å². The highest BCUT2D eigenvalue weighted by molar-refractivity contribution is 7.12. The topological polar surface area (TPSA) is 24.5 Å². The number of ether oxygens (including phenoxy) is 1. The summed E-state index contributed by atoms with van der Waals surface area (Å²) in [6.07, 6.45) is 3.03. The summed E-state index contributed by atoms with van der Waals surface area (Å²) in [5.74, 6) is 0. The van der Waals surface area contributed by atoms with Gasteiger partial charge in [-0.1, -0.05) is 20.8 Å². The first-order valence-electron chi connectivity index (χ1n) is 8.18. The van der Waals surface area contributed by atoms with Crippen molar-refractivity contribution in [3.8, 4) is 0 Å². The maximum Gasteiger partial charge on any atom is 0.0827 e. The van der Waals surface area contributed by atoms with Crippen LogP contribution in [0, 0.1) is 0 Å². The summed E-state index contributed by atoms with van der Waals surface area (Å²) in [5, 5.41) is 3.57. The van der Waals surface area contributed by atoms with Gasteiger partial charge >= 0.3 is 0 Å². The lowest BCUT2D eigenvalue weighted by molar-refractivity contribution is -0.0470. The Kier molecular flexibility index (Phi) is 4.69. The minimum absolute atomic E-state index is 0.264. The largest absolute Gasteiger partial charge is 0.374 e. The predicted octanol–water partition coefficient (Wildman–Crippen LogP) is 3.00. The predicted molar refractivity (Wildman–Crippen MR) is 89.1 cm³/mol. The van der Waals surface area contributed by atoms with E-state index in [1.165, 1.54) is 29.1 Å². The molecular weight excluding hydrogens is 280 g/mol. The molecule has 0 aromatic carbocycles. The Balaban J connectivity index is 1.43. The van der Waals surface area contributed by atoms with Gasteiger partial charge in [-0.15, -0.1) is 11.3 Å².